The molecule has 0 saturated carbocycles. The summed E-state index contributed by atoms with van der Waals surface area (Å²) in [5.41, 5.74) is 3.42. The highest BCUT2D eigenvalue weighted by molar-refractivity contribution is 7.99. The van der Waals surface area contributed by atoms with Crippen molar-refractivity contribution in [3.63, 3.8) is 0 Å². The summed E-state index contributed by atoms with van der Waals surface area (Å²) in [6.07, 6.45) is 4.10. The zero-order valence-electron chi connectivity index (χ0n) is 17.6. The van der Waals surface area contributed by atoms with Gasteiger partial charge in [0.2, 0.25) is 5.91 Å². The Hall–Kier alpha value is -2.60. The van der Waals surface area contributed by atoms with Gasteiger partial charge in [-0.15, -0.1) is 10.2 Å². The monoisotopic (exact) mass is 420 g/mol. The van der Waals surface area contributed by atoms with E-state index in [4.69, 9.17) is 0 Å². The Labute approximate surface area is 182 Å². The van der Waals surface area contributed by atoms with E-state index >= 15 is 0 Å². The Morgan fingerprint density at radius 3 is 2.57 bits per heavy atom. The highest BCUT2D eigenvalue weighted by Gasteiger charge is 2.24. The number of thioether (sulfide) groups is 1. The van der Waals surface area contributed by atoms with E-state index < -0.39 is 0 Å². The predicted octanol–water partition coefficient (Wildman–Crippen LogP) is 4.66. The van der Waals surface area contributed by atoms with Crippen LogP contribution in [0.25, 0.3) is 5.69 Å². The molecule has 0 aliphatic carbocycles. The highest BCUT2D eigenvalue weighted by Crippen LogP contribution is 2.25. The molecule has 6 heteroatoms. The molecule has 3 aromatic rings. The van der Waals surface area contributed by atoms with Crippen molar-refractivity contribution < 1.29 is 4.79 Å². The van der Waals surface area contributed by atoms with Crippen LogP contribution in [0.1, 0.15) is 43.1 Å². The van der Waals surface area contributed by atoms with Crippen molar-refractivity contribution in [1.29, 1.82) is 0 Å². The van der Waals surface area contributed by atoms with Crippen molar-refractivity contribution in [2.24, 2.45) is 0 Å². The molecule has 0 spiro atoms. The number of benzene rings is 2. The summed E-state index contributed by atoms with van der Waals surface area (Å²) < 4.78 is 2.09. The van der Waals surface area contributed by atoms with Crippen molar-refractivity contribution in [2.75, 3.05) is 12.3 Å². The third-order valence-electron chi connectivity index (χ3n) is 5.65. The van der Waals surface area contributed by atoms with E-state index in [0.717, 1.165) is 36.1 Å². The van der Waals surface area contributed by atoms with Crippen LogP contribution in [0.2, 0.25) is 0 Å². The molecule has 1 aliphatic rings. The minimum Gasteiger partial charge on any atom is -0.339 e. The van der Waals surface area contributed by atoms with Gasteiger partial charge in [-0.25, -0.2) is 0 Å². The van der Waals surface area contributed by atoms with E-state index in [1.165, 1.54) is 29.3 Å². The molecule has 5 nitrogen and oxygen atoms in total. The number of carbonyl (C=O) groups excluding carboxylic acids is 1. The molecule has 1 aliphatic heterocycles. The van der Waals surface area contributed by atoms with E-state index in [2.05, 4.69) is 65.0 Å². The molecule has 0 radical (unpaired) electrons. The van der Waals surface area contributed by atoms with Gasteiger partial charge in [0.15, 0.2) is 5.16 Å². The van der Waals surface area contributed by atoms with Crippen LogP contribution < -0.4 is 0 Å². The number of nitrogens with zero attached hydrogens (tertiary/aromatic N) is 4. The number of aromatic nitrogens is 3. The van der Waals surface area contributed by atoms with Crippen LogP contribution in [0.5, 0.6) is 0 Å². The average Bonchev–Trinajstić information content (AvgIpc) is 3.16. The number of hydrogen-bond donors (Lipinski definition) is 0. The maximum Gasteiger partial charge on any atom is 0.233 e. The number of rotatable bonds is 6. The van der Waals surface area contributed by atoms with Crippen molar-refractivity contribution in [3.05, 3.63) is 71.5 Å². The molecule has 0 N–H and O–H groups in total. The Bertz CT molecular complexity index is 984. The normalized spacial score (nSPS) is 16.6. The minimum absolute atomic E-state index is 0.190. The summed E-state index contributed by atoms with van der Waals surface area (Å²) >= 11 is 1.48. The van der Waals surface area contributed by atoms with Crippen LogP contribution >= 0.6 is 11.8 Å². The lowest BCUT2D eigenvalue weighted by atomic mass is 10.0. The number of hydrogen-bond acceptors (Lipinski definition) is 4. The lowest BCUT2D eigenvalue weighted by molar-refractivity contribution is -0.131. The Kier molecular flexibility index (Phi) is 6.53. The Morgan fingerprint density at radius 1 is 1.07 bits per heavy atom. The summed E-state index contributed by atoms with van der Waals surface area (Å²) in [5, 5.41) is 9.70. The number of carbonyl (C=O) groups is 1. The number of aryl methyl sites for hydroxylation is 1. The van der Waals surface area contributed by atoms with Gasteiger partial charge in [0.25, 0.3) is 0 Å². The van der Waals surface area contributed by atoms with Crippen molar-refractivity contribution >= 4 is 17.7 Å². The molecule has 156 valence electrons. The average molecular weight is 421 g/mol. The standard InChI is InChI=1S/C24H28N4OS/c1-18-11-13-21(14-12-18)28-22(16-20-9-4-3-5-10-20)25-26-24(28)30-17-23(29)27-15-7-6-8-19(27)2/h3-5,9-14,19H,6-8,15-17H2,1-2H3/t19-/m1/s1. The van der Waals surface area contributed by atoms with Crippen LogP contribution in [-0.2, 0) is 11.2 Å². The summed E-state index contributed by atoms with van der Waals surface area (Å²) in [6.45, 7) is 5.09. The van der Waals surface area contributed by atoms with Crippen LogP contribution in [0, 0.1) is 6.92 Å². The quantitative estimate of drug-likeness (QED) is 0.544. The van der Waals surface area contributed by atoms with Gasteiger partial charge >= 0.3 is 0 Å². The molecular formula is C24H28N4OS. The zero-order chi connectivity index (χ0) is 20.9. The van der Waals surface area contributed by atoms with Crippen LogP contribution in [0.3, 0.4) is 0 Å². The van der Waals surface area contributed by atoms with Crippen molar-refractivity contribution in [2.45, 2.75) is 50.7 Å². The molecule has 4 rings (SSSR count). The maximum absolute atomic E-state index is 12.8. The van der Waals surface area contributed by atoms with Crippen molar-refractivity contribution in [3.8, 4) is 5.69 Å². The van der Waals surface area contributed by atoms with E-state index in [-0.39, 0.29) is 5.91 Å². The van der Waals surface area contributed by atoms with Gasteiger partial charge in [-0.2, -0.15) is 0 Å². The first-order valence-electron chi connectivity index (χ1n) is 10.6. The summed E-state index contributed by atoms with van der Waals surface area (Å²) in [7, 11) is 0. The van der Waals surface area contributed by atoms with Crippen molar-refractivity contribution in [1.82, 2.24) is 19.7 Å². The maximum atomic E-state index is 12.8. The second-order valence-corrected chi connectivity index (χ2v) is 8.90. The van der Waals surface area contributed by atoms with E-state index in [1.54, 1.807) is 0 Å². The highest BCUT2D eigenvalue weighted by atomic mass is 32.2. The minimum atomic E-state index is 0.190. The smallest absolute Gasteiger partial charge is 0.233 e. The third-order valence-corrected chi connectivity index (χ3v) is 6.56. The van der Waals surface area contributed by atoms with Gasteiger partial charge in [-0.1, -0.05) is 59.8 Å². The third kappa shape index (κ3) is 4.75. The van der Waals surface area contributed by atoms with E-state index in [9.17, 15) is 4.79 Å². The second-order valence-electron chi connectivity index (χ2n) is 7.95. The molecule has 2 heterocycles. The predicted molar refractivity (Wildman–Crippen MR) is 121 cm³/mol. The number of amides is 1. The molecule has 0 unspecified atom stereocenters. The van der Waals surface area contributed by atoms with E-state index in [0.29, 0.717) is 18.2 Å². The fourth-order valence-electron chi connectivity index (χ4n) is 3.92. The SMILES string of the molecule is Cc1ccc(-n2c(Cc3ccccc3)nnc2SCC(=O)N2CCCC[C@H]2C)cc1. The lowest BCUT2D eigenvalue weighted by Gasteiger charge is -2.33. The van der Waals surface area contributed by atoms with Gasteiger partial charge in [-0.05, 0) is 50.8 Å². The first-order valence-corrected chi connectivity index (χ1v) is 11.6. The fourth-order valence-corrected chi connectivity index (χ4v) is 4.77. The second kappa shape index (κ2) is 9.47. The first-order chi connectivity index (χ1) is 14.6. The van der Waals surface area contributed by atoms with Gasteiger partial charge in [-0.3, -0.25) is 9.36 Å². The van der Waals surface area contributed by atoms with Gasteiger partial charge in [0.05, 0.1) is 5.75 Å². The molecule has 2 aromatic carbocycles. The first kappa shape index (κ1) is 20.7. The molecule has 1 amide bonds. The molecule has 0 bridgehead atoms. The molecule has 30 heavy (non-hydrogen) atoms. The van der Waals surface area contributed by atoms with Gasteiger partial charge < -0.3 is 4.90 Å². The largest absolute Gasteiger partial charge is 0.339 e. The van der Waals surface area contributed by atoms with Crippen LogP contribution in [-0.4, -0.2) is 43.9 Å². The molecule has 1 atom stereocenters. The molecule has 1 fully saturated rings. The summed E-state index contributed by atoms with van der Waals surface area (Å²) in [6, 6.07) is 19.0. The molecule has 1 aromatic heterocycles. The zero-order valence-corrected chi connectivity index (χ0v) is 18.4. The fraction of sp³-hybridized carbons (Fsp3) is 0.375. The Balaban J connectivity index is 1.57. The van der Waals surface area contributed by atoms with Gasteiger partial charge in [0.1, 0.15) is 5.82 Å². The summed E-state index contributed by atoms with van der Waals surface area (Å²) in [5.74, 6) is 1.46. The number of piperidine rings is 1. The van der Waals surface area contributed by atoms with Gasteiger partial charge in [0, 0.05) is 24.7 Å². The topological polar surface area (TPSA) is 51.0 Å². The molecule has 1 saturated heterocycles. The summed E-state index contributed by atoms with van der Waals surface area (Å²) in [4.78, 5) is 14.8. The molecular weight excluding hydrogens is 392 g/mol. The van der Waals surface area contributed by atoms with E-state index in [1.807, 2.05) is 23.1 Å². The van der Waals surface area contributed by atoms with Crippen LogP contribution in [0.15, 0.2) is 59.8 Å². The van der Waals surface area contributed by atoms with Crippen LogP contribution in [0.4, 0.5) is 0 Å². The number of likely N-dealkylation sites (tertiary alicyclic amines) is 1. The lowest BCUT2D eigenvalue weighted by Crippen LogP contribution is -2.42. The Morgan fingerprint density at radius 2 is 1.83 bits per heavy atom.